The van der Waals surface area contributed by atoms with Gasteiger partial charge in [0, 0.05) is 12.6 Å². The molecule has 0 aromatic heterocycles. The van der Waals surface area contributed by atoms with Gasteiger partial charge in [0.15, 0.2) is 0 Å². The minimum Gasteiger partial charge on any atom is -0.338 e. The first-order chi connectivity index (χ1) is 10.5. The highest BCUT2D eigenvalue weighted by molar-refractivity contribution is 6.09. The van der Waals surface area contributed by atoms with Gasteiger partial charge in [0.05, 0.1) is 0 Å². The highest BCUT2D eigenvalue weighted by atomic mass is 16.2. The number of likely N-dealkylation sites (tertiary alicyclic amines) is 1. The van der Waals surface area contributed by atoms with Gasteiger partial charge < -0.3 is 10.2 Å². The Hall–Kier alpha value is -1.59. The Morgan fingerprint density at radius 3 is 2.64 bits per heavy atom. The van der Waals surface area contributed by atoms with Crippen LogP contribution in [0.1, 0.15) is 52.4 Å². The van der Waals surface area contributed by atoms with E-state index in [1.807, 2.05) is 4.90 Å². The topological polar surface area (TPSA) is 69.7 Å². The summed E-state index contributed by atoms with van der Waals surface area (Å²) in [4.78, 5) is 40.2. The molecule has 0 spiro atoms. The van der Waals surface area contributed by atoms with Crippen LogP contribution in [0.15, 0.2) is 0 Å². The van der Waals surface area contributed by atoms with Crippen LogP contribution in [-0.4, -0.2) is 52.3 Å². The summed E-state index contributed by atoms with van der Waals surface area (Å²) in [5.74, 6) is -0.115. The number of amides is 4. The van der Waals surface area contributed by atoms with E-state index in [0.29, 0.717) is 0 Å². The fourth-order valence-corrected chi connectivity index (χ4v) is 3.78. The van der Waals surface area contributed by atoms with Crippen molar-refractivity contribution in [3.05, 3.63) is 0 Å². The largest absolute Gasteiger partial charge is 0.338 e. The molecule has 0 radical (unpaired) electrons. The molecule has 2 heterocycles. The summed E-state index contributed by atoms with van der Waals surface area (Å²) < 4.78 is 0. The zero-order chi connectivity index (χ0) is 15.9. The van der Waals surface area contributed by atoms with Crippen LogP contribution >= 0.6 is 0 Å². The van der Waals surface area contributed by atoms with E-state index < -0.39 is 11.6 Å². The van der Waals surface area contributed by atoms with Crippen LogP contribution in [0.4, 0.5) is 4.79 Å². The monoisotopic (exact) mass is 307 g/mol. The van der Waals surface area contributed by atoms with Crippen molar-refractivity contribution in [2.45, 2.75) is 64.0 Å². The smallest absolute Gasteiger partial charge is 0.325 e. The van der Waals surface area contributed by atoms with Crippen LogP contribution in [-0.2, 0) is 9.59 Å². The molecule has 22 heavy (non-hydrogen) atoms. The lowest BCUT2D eigenvalue weighted by molar-refractivity contribution is -0.141. The number of nitrogens with one attached hydrogen (secondary N) is 1. The quantitative estimate of drug-likeness (QED) is 0.800. The van der Waals surface area contributed by atoms with E-state index in [9.17, 15) is 14.4 Å². The Bertz CT molecular complexity index is 503. The number of hydrogen-bond donors (Lipinski definition) is 1. The molecule has 2 aliphatic heterocycles. The van der Waals surface area contributed by atoms with Gasteiger partial charge in [-0.3, -0.25) is 14.5 Å². The van der Waals surface area contributed by atoms with E-state index in [0.717, 1.165) is 50.0 Å². The summed E-state index contributed by atoms with van der Waals surface area (Å²) in [7, 11) is 0. The molecular weight excluding hydrogens is 282 g/mol. The lowest BCUT2D eigenvalue weighted by atomic mass is 9.96. The van der Waals surface area contributed by atoms with Crippen LogP contribution in [0.25, 0.3) is 0 Å². The molecule has 3 rings (SSSR count). The highest BCUT2D eigenvalue weighted by Crippen LogP contribution is 2.42. The summed E-state index contributed by atoms with van der Waals surface area (Å²) in [6.07, 6.45) is 6.02. The van der Waals surface area contributed by atoms with Gasteiger partial charge in [0.25, 0.3) is 5.91 Å². The Morgan fingerprint density at radius 1 is 1.27 bits per heavy atom. The van der Waals surface area contributed by atoms with Crippen LogP contribution in [0.3, 0.4) is 0 Å². The van der Waals surface area contributed by atoms with E-state index in [1.165, 1.54) is 0 Å². The molecule has 4 amide bonds. The van der Waals surface area contributed by atoms with Crippen molar-refractivity contribution >= 4 is 17.8 Å². The molecule has 3 fully saturated rings. The van der Waals surface area contributed by atoms with Crippen molar-refractivity contribution in [3.63, 3.8) is 0 Å². The highest BCUT2D eigenvalue weighted by Gasteiger charge is 2.56. The predicted molar refractivity (Wildman–Crippen MR) is 81.0 cm³/mol. The van der Waals surface area contributed by atoms with Gasteiger partial charge in [-0.1, -0.05) is 6.92 Å². The van der Waals surface area contributed by atoms with Gasteiger partial charge in [-0.25, -0.2) is 4.79 Å². The van der Waals surface area contributed by atoms with Gasteiger partial charge >= 0.3 is 6.03 Å². The molecular formula is C16H25N3O3. The van der Waals surface area contributed by atoms with Crippen molar-refractivity contribution in [2.75, 3.05) is 13.1 Å². The molecule has 1 saturated carbocycles. The third kappa shape index (κ3) is 2.48. The van der Waals surface area contributed by atoms with Gasteiger partial charge in [0.2, 0.25) is 5.91 Å². The second-order valence-corrected chi connectivity index (χ2v) is 6.94. The van der Waals surface area contributed by atoms with Crippen molar-refractivity contribution in [1.29, 1.82) is 0 Å². The molecule has 1 aliphatic carbocycles. The Kier molecular flexibility index (Phi) is 3.87. The molecule has 0 aromatic rings. The lowest BCUT2D eigenvalue weighted by Crippen LogP contribution is -2.50. The molecule has 0 aromatic carbocycles. The first-order valence-electron chi connectivity index (χ1n) is 8.41. The molecule has 1 N–H and O–H groups in total. The van der Waals surface area contributed by atoms with Gasteiger partial charge in [-0.05, 0) is 51.4 Å². The minimum atomic E-state index is -0.802. The third-order valence-corrected chi connectivity index (χ3v) is 5.41. The normalized spacial score (nSPS) is 32.4. The first kappa shape index (κ1) is 15.3. The molecule has 3 aliphatic rings. The van der Waals surface area contributed by atoms with Crippen LogP contribution < -0.4 is 5.32 Å². The van der Waals surface area contributed by atoms with E-state index >= 15 is 0 Å². The second kappa shape index (κ2) is 5.56. The van der Waals surface area contributed by atoms with E-state index in [4.69, 9.17) is 0 Å². The van der Waals surface area contributed by atoms with Crippen LogP contribution in [0, 0.1) is 5.92 Å². The SMILES string of the molecule is CCC1CCCCN1C(=O)CN1C(=O)NC(C)(C2CC2)C1=O. The van der Waals surface area contributed by atoms with E-state index in [-0.39, 0.29) is 30.3 Å². The fourth-order valence-electron chi connectivity index (χ4n) is 3.78. The maximum Gasteiger partial charge on any atom is 0.325 e. The number of urea groups is 1. The minimum absolute atomic E-state index is 0.102. The lowest BCUT2D eigenvalue weighted by Gasteiger charge is -2.36. The number of imide groups is 1. The predicted octanol–water partition coefficient (Wildman–Crippen LogP) is 1.50. The molecule has 2 saturated heterocycles. The van der Waals surface area contributed by atoms with Gasteiger partial charge in [-0.15, -0.1) is 0 Å². The maximum atomic E-state index is 12.6. The van der Waals surface area contributed by atoms with Crippen molar-refractivity contribution in [2.24, 2.45) is 5.92 Å². The number of carbonyl (C=O) groups excluding carboxylic acids is 3. The number of carbonyl (C=O) groups is 3. The van der Waals surface area contributed by atoms with E-state index in [2.05, 4.69) is 12.2 Å². The summed E-state index contributed by atoms with van der Waals surface area (Å²) >= 11 is 0. The number of piperidine rings is 1. The van der Waals surface area contributed by atoms with Crippen molar-refractivity contribution in [1.82, 2.24) is 15.1 Å². The second-order valence-electron chi connectivity index (χ2n) is 6.94. The molecule has 0 bridgehead atoms. The van der Waals surface area contributed by atoms with Gasteiger partial charge in [-0.2, -0.15) is 0 Å². The Morgan fingerprint density at radius 2 is 2.00 bits per heavy atom. The third-order valence-electron chi connectivity index (χ3n) is 5.41. The molecule has 2 atom stereocenters. The summed E-state index contributed by atoms with van der Waals surface area (Å²) in [5.41, 5.74) is -0.802. The van der Waals surface area contributed by atoms with E-state index in [1.54, 1.807) is 6.92 Å². The van der Waals surface area contributed by atoms with Gasteiger partial charge in [0.1, 0.15) is 12.1 Å². The molecule has 6 heteroatoms. The zero-order valence-corrected chi connectivity index (χ0v) is 13.4. The summed E-state index contributed by atoms with van der Waals surface area (Å²) in [5, 5.41) is 2.79. The number of nitrogens with zero attached hydrogens (tertiary/aromatic N) is 2. The van der Waals surface area contributed by atoms with Crippen molar-refractivity contribution < 1.29 is 14.4 Å². The first-order valence-corrected chi connectivity index (χ1v) is 8.41. The molecule has 6 nitrogen and oxygen atoms in total. The summed E-state index contributed by atoms with van der Waals surface area (Å²) in [6, 6.07) is -0.172. The average molecular weight is 307 g/mol. The van der Waals surface area contributed by atoms with Crippen molar-refractivity contribution in [3.8, 4) is 0 Å². The average Bonchev–Trinajstić information content (AvgIpc) is 3.33. The molecule has 122 valence electrons. The van der Waals surface area contributed by atoms with Crippen LogP contribution in [0.5, 0.6) is 0 Å². The maximum absolute atomic E-state index is 12.6. The summed E-state index contributed by atoms with van der Waals surface area (Å²) in [6.45, 7) is 4.48. The standard InChI is InChI=1S/C16H25N3O3/c1-3-12-6-4-5-9-18(12)13(20)10-19-14(21)16(2,11-7-8-11)17-15(19)22/h11-12H,3-10H2,1-2H3,(H,17,22). The fraction of sp³-hybridized carbons (Fsp3) is 0.812. The zero-order valence-electron chi connectivity index (χ0n) is 13.4. The van der Waals surface area contributed by atoms with Crippen LogP contribution in [0.2, 0.25) is 0 Å². The Balaban J connectivity index is 1.68. The molecule has 2 unspecified atom stereocenters. The number of hydrogen-bond acceptors (Lipinski definition) is 3. The Labute approximate surface area is 131 Å². The number of rotatable bonds is 4.